The topological polar surface area (TPSA) is 37.8 Å². The minimum absolute atomic E-state index is 0.638. The maximum Gasteiger partial charge on any atom is 0.202 e. The van der Waals surface area contributed by atoms with E-state index in [-0.39, 0.29) is 0 Å². The van der Waals surface area contributed by atoms with E-state index in [0.717, 1.165) is 15.4 Å². The number of aromatic nitrogens is 2. The van der Waals surface area contributed by atoms with Gasteiger partial charge in [-0.25, -0.2) is 4.98 Å². The highest BCUT2D eigenvalue weighted by molar-refractivity contribution is 9.11. The third kappa shape index (κ3) is 2.51. The first-order chi connectivity index (χ1) is 6.25. The van der Waals surface area contributed by atoms with Crippen molar-refractivity contribution in [3.05, 3.63) is 16.9 Å². The van der Waals surface area contributed by atoms with Gasteiger partial charge in [0.2, 0.25) is 5.13 Å². The van der Waals surface area contributed by atoms with E-state index in [9.17, 15) is 0 Å². The molecule has 1 saturated carbocycles. The summed E-state index contributed by atoms with van der Waals surface area (Å²) in [7, 11) is 0. The van der Waals surface area contributed by atoms with Crippen molar-refractivity contribution in [3.63, 3.8) is 0 Å². The Bertz CT molecular complexity index is 319. The second kappa shape index (κ2) is 3.75. The molecule has 0 aliphatic heterocycles. The molecule has 0 saturated heterocycles. The van der Waals surface area contributed by atoms with E-state index in [1.54, 1.807) is 0 Å². The highest BCUT2D eigenvalue weighted by Gasteiger charge is 2.27. The molecule has 0 aromatic carbocycles. The summed E-state index contributed by atoms with van der Waals surface area (Å²) in [6, 6.07) is 0. The summed E-state index contributed by atoms with van der Waals surface area (Å²) in [5, 5.41) is 4.04. The lowest BCUT2D eigenvalue weighted by Crippen LogP contribution is -1.99. The van der Waals surface area contributed by atoms with Crippen LogP contribution in [0.3, 0.4) is 0 Å². The largest absolute Gasteiger partial charge is 0.356 e. The Hall–Kier alpha value is -0.420. The van der Waals surface area contributed by atoms with Crippen molar-refractivity contribution in [2.75, 3.05) is 11.9 Å². The maximum absolute atomic E-state index is 4.38. The van der Waals surface area contributed by atoms with Crippen molar-refractivity contribution in [2.45, 2.75) is 18.8 Å². The van der Waals surface area contributed by atoms with Gasteiger partial charge in [-0.05, 0) is 12.8 Å². The van der Waals surface area contributed by atoms with E-state index in [0.29, 0.717) is 12.5 Å². The predicted octanol–water partition coefficient (Wildman–Crippen LogP) is 2.74. The van der Waals surface area contributed by atoms with Crippen LogP contribution in [0.4, 0.5) is 5.13 Å². The molecule has 1 fully saturated rings. The van der Waals surface area contributed by atoms with Crippen molar-refractivity contribution in [2.24, 2.45) is 0 Å². The summed E-state index contributed by atoms with van der Waals surface area (Å²) in [6.45, 7) is 4.44. The smallest absolute Gasteiger partial charge is 0.202 e. The SMILES string of the molecule is C=C(Br)CNc1nc(C2CC2)ns1. The summed E-state index contributed by atoms with van der Waals surface area (Å²) >= 11 is 4.71. The van der Waals surface area contributed by atoms with Crippen LogP contribution in [-0.4, -0.2) is 15.9 Å². The van der Waals surface area contributed by atoms with Gasteiger partial charge < -0.3 is 5.32 Å². The van der Waals surface area contributed by atoms with Gasteiger partial charge in [0.25, 0.3) is 0 Å². The molecular weight excluding hydrogens is 250 g/mol. The molecule has 0 spiro atoms. The van der Waals surface area contributed by atoms with Gasteiger partial charge in [-0.15, -0.1) is 0 Å². The first kappa shape index (κ1) is 9.15. The van der Waals surface area contributed by atoms with Crippen molar-refractivity contribution in [3.8, 4) is 0 Å². The summed E-state index contributed by atoms with van der Waals surface area (Å²) in [5.41, 5.74) is 0. The van der Waals surface area contributed by atoms with Crippen LogP contribution in [0.5, 0.6) is 0 Å². The normalized spacial score (nSPS) is 15.8. The molecular formula is C8H10BrN3S. The van der Waals surface area contributed by atoms with E-state index in [4.69, 9.17) is 0 Å². The number of nitrogens with zero attached hydrogens (tertiary/aromatic N) is 2. The Labute approximate surface area is 89.6 Å². The Balaban J connectivity index is 1.92. The summed E-state index contributed by atoms with van der Waals surface area (Å²) < 4.78 is 5.21. The molecule has 1 aromatic heterocycles. The Morgan fingerprint density at radius 1 is 1.69 bits per heavy atom. The van der Waals surface area contributed by atoms with Crippen molar-refractivity contribution < 1.29 is 0 Å². The molecule has 1 aromatic rings. The van der Waals surface area contributed by atoms with Gasteiger partial charge in [0, 0.05) is 28.5 Å². The van der Waals surface area contributed by atoms with Gasteiger partial charge in [-0.2, -0.15) is 4.37 Å². The molecule has 5 heteroatoms. The van der Waals surface area contributed by atoms with Gasteiger partial charge in [0.05, 0.1) is 0 Å². The number of anilines is 1. The van der Waals surface area contributed by atoms with Gasteiger partial charge in [-0.1, -0.05) is 22.5 Å². The Morgan fingerprint density at radius 3 is 3.08 bits per heavy atom. The van der Waals surface area contributed by atoms with Crippen LogP contribution in [0.2, 0.25) is 0 Å². The van der Waals surface area contributed by atoms with E-state index >= 15 is 0 Å². The van der Waals surface area contributed by atoms with Gasteiger partial charge >= 0.3 is 0 Å². The van der Waals surface area contributed by atoms with E-state index in [1.165, 1.54) is 24.4 Å². The molecule has 1 heterocycles. The van der Waals surface area contributed by atoms with E-state index in [2.05, 4.69) is 37.2 Å². The number of halogens is 1. The van der Waals surface area contributed by atoms with E-state index in [1.807, 2.05) is 0 Å². The molecule has 0 amide bonds. The average Bonchev–Trinajstić information content (AvgIpc) is 2.83. The average molecular weight is 260 g/mol. The highest BCUT2D eigenvalue weighted by Crippen LogP contribution is 2.39. The molecule has 70 valence electrons. The van der Waals surface area contributed by atoms with Crippen molar-refractivity contribution >= 4 is 32.6 Å². The van der Waals surface area contributed by atoms with Crippen LogP contribution in [-0.2, 0) is 0 Å². The van der Waals surface area contributed by atoms with Crippen LogP contribution in [0, 0.1) is 0 Å². The zero-order valence-corrected chi connectivity index (χ0v) is 9.49. The summed E-state index contributed by atoms with van der Waals surface area (Å²) in [6.07, 6.45) is 2.50. The standard InChI is InChI=1S/C8H10BrN3S/c1-5(9)4-10-8-11-7(12-13-8)6-2-3-6/h6H,1-4H2,(H,10,11,12). The van der Waals surface area contributed by atoms with Crippen LogP contribution < -0.4 is 5.32 Å². The first-order valence-corrected chi connectivity index (χ1v) is 5.73. The molecule has 0 atom stereocenters. The zero-order chi connectivity index (χ0) is 9.26. The monoisotopic (exact) mass is 259 g/mol. The molecule has 13 heavy (non-hydrogen) atoms. The Morgan fingerprint density at radius 2 is 2.46 bits per heavy atom. The third-order valence-corrected chi connectivity index (χ3v) is 2.78. The number of hydrogen-bond donors (Lipinski definition) is 1. The summed E-state index contributed by atoms with van der Waals surface area (Å²) in [4.78, 5) is 4.38. The third-order valence-electron chi connectivity index (χ3n) is 1.82. The van der Waals surface area contributed by atoms with Crippen LogP contribution >= 0.6 is 27.5 Å². The van der Waals surface area contributed by atoms with Crippen molar-refractivity contribution in [1.82, 2.24) is 9.36 Å². The summed E-state index contributed by atoms with van der Waals surface area (Å²) in [5.74, 6) is 1.65. The van der Waals surface area contributed by atoms with Crippen molar-refractivity contribution in [1.29, 1.82) is 0 Å². The minimum atomic E-state index is 0.638. The van der Waals surface area contributed by atoms with Gasteiger partial charge in [-0.3, -0.25) is 0 Å². The van der Waals surface area contributed by atoms with Crippen LogP contribution in [0.1, 0.15) is 24.6 Å². The Kier molecular flexibility index (Phi) is 2.64. The second-order valence-corrected chi connectivity index (χ2v) is 4.98. The molecule has 2 rings (SSSR count). The molecule has 1 aliphatic rings. The lowest BCUT2D eigenvalue weighted by Gasteiger charge is -1.97. The lowest BCUT2D eigenvalue weighted by atomic mass is 10.4. The van der Waals surface area contributed by atoms with Crippen LogP contribution in [0.15, 0.2) is 11.1 Å². The minimum Gasteiger partial charge on any atom is -0.356 e. The molecule has 1 aliphatic carbocycles. The lowest BCUT2D eigenvalue weighted by molar-refractivity contribution is 0.984. The predicted molar refractivity (Wildman–Crippen MR) is 58.4 cm³/mol. The van der Waals surface area contributed by atoms with Gasteiger partial charge in [0.15, 0.2) is 0 Å². The molecule has 1 N–H and O–H groups in total. The molecule has 3 nitrogen and oxygen atoms in total. The number of nitrogens with one attached hydrogen (secondary N) is 1. The zero-order valence-electron chi connectivity index (χ0n) is 7.09. The maximum atomic E-state index is 4.38. The fraction of sp³-hybridized carbons (Fsp3) is 0.500. The molecule has 0 bridgehead atoms. The first-order valence-electron chi connectivity index (χ1n) is 4.16. The fourth-order valence-electron chi connectivity index (χ4n) is 0.986. The molecule has 0 unspecified atom stereocenters. The fourth-order valence-corrected chi connectivity index (χ4v) is 1.77. The van der Waals surface area contributed by atoms with Gasteiger partial charge in [0.1, 0.15) is 5.82 Å². The highest BCUT2D eigenvalue weighted by atomic mass is 79.9. The quantitative estimate of drug-likeness (QED) is 0.904. The molecule has 0 radical (unpaired) electrons. The second-order valence-electron chi connectivity index (χ2n) is 3.10. The number of rotatable bonds is 4. The number of hydrogen-bond acceptors (Lipinski definition) is 4. The van der Waals surface area contributed by atoms with E-state index < -0.39 is 0 Å². The van der Waals surface area contributed by atoms with Crippen LogP contribution in [0.25, 0.3) is 0 Å².